The number of rotatable bonds is 8. The fourth-order valence-electron chi connectivity index (χ4n) is 3.59. The molecular weight excluding hydrogens is 408 g/mol. The average molecular weight is 449 g/mol. The highest BCUT2D eigenvalue weighted by Gasteiger charge is 2.26. The van der Waals surface area contributed by atoms with Gasteiger partial charge in [-0.1, -0.05) is 91.3 Å². The summed E-state index contributed by atoms with van der Waals surface area (Å²) in [7, 11) is 0. The first-order valence-electron chi connectivity index (χ1n) is 11.8. The van der Waals surface area contributed by atoms with E-state index >= 15 is 0 Å². The molecule has 0 saturated carbocycles. The smallest absolute Gasteiger partial charge is 0.328 e. The molecule has 33 heavy (non-hydrogen) atoms. The minimum atomic E-state index is -0.937. The predicted octanol–water partition coefficient (Wildman–Crippen LogP) is 8.17. The summed E-state index contributed by atoms with van der Waals surface area (Å²) in [6.45, 7) is 18.1. The van der Waals surface area contributed by atoms with E-state index in [-0.39, 0.29) is 10.8 Å². The molecule has 2 rings (SSSR count). The third kappa shape index (κ3) is 7.63. The largest absolute Gasteiger partial charge is 0.493 e. The van der Waals surface area contributed by atoms with E-state index in [2.05, 4.69) is 72.7 Å². The summed E-state index contributed by atoms with van der Waals surface area (Å²) in [5.41, 5.74) is 6.37. The Hall–Kier alpha value is -2.81. The predicted molar refractivity (Wildman–Crippen MR) is 140 cm³/mol. The molecule has 0 spiro atoms. The van der Waals surface area contributed by atoms with Crippen LogP contribution in [0.25, 0.3) is 17.2 Å². The molecule has 0 fully saturated rings. The van der Waals surface area contributed by atoms with Crippen LogP contribution in [0, 0.1) is 0 Å². The number of hydrogen-bond donors (Lipinski definition) is 1. The van der Waals surface area contributed by atoms with Gasteiger partial charge in [0.05, 0.1) is 6.61 Å². The van der Waals surface area contributed by atoms with Gasteiger partial charge in [0.2, 0.25) is 0 Å². The molecule has 0 amide bonds. The second-order valence-corrected chi connectivity index (χ2v) is 10.8. The van der Waals surface area contributed by atoms with Crippen molar-refractivity contribution in [3.63, 3.8) is 0 Å². The first-order chi connectivity index (χ1) is 15.3. The third-order valence-electron chi connectivity index (χ3n) is 5.59. The van der Waals surface area contributed by atoms with Crippen LogP contribution in [0.4, 0.5) is 0 Å². The number of carboxylic acid groups (broad SMARTS) is 1. The molecule has 0 radical (unpaired) electrons. The lowest BCUT2D eigenvalue weighted by molar-refractivity contribution is -0.131. The van der Waals surface area contributed by atoms with Gasteiger partial charge in [-0.3, -0.25) is 0 Å². The number of carbonyl (C=O) groups is 1. The average Bonchev–Trinajstić information content (AvgIpc) is 2.70. The Labute approximate surface area is 200 Å². The lowest BCUT2D eigenvalue weighted by Crippen LogP contribution is -2.19. The monoisotopic (exact) mass is 448 g/mol. The number of hydrogen-bond acceptors (Lipinski definition) is 2. The summed E-state index contributed by atoms with van der Waals surface area (Å²) in [5.74, 6) is 0.0282. The topological polar surface area (TPSA) is 46.5 Å². The molecule has 0 aliphatic heterocycles. The van der Waals surface area contributed by atoms with Crippen LogP contribution in [0.1, 0.15) is 84.9 Å². The van der Waals surface area contributed by atoms with E-state index in [1.54, 1.807) is 6.92 Å². The summed E-state index contributed by atoms with van der Waals surface area (Å²) in [6, 6.07) is 12.9. The molecule has 0 aromatic heterocycles. The van der Waals surface area contributed by atoms with Gasteiger partial charge in [0.25, 0.3) is 0 Å². The number of carboxylic acids is 1. The quantitative estimate of drug-likeness (QED) is 0.252. The van der Waals surface area contributed by atoms with Gasteiger partial charge in [-0.2, -0.15) is 0 Å². The first-order valence-corrected chi connectivity index (χ1v) is 11.8. The highest BCUT2D eigenvalue weighted by Crippen LogP contribution is 2.43. The van der Waals surface area contributed by atoms with Gasteiger partial charge in [0.1, 0.15) is 5.75 Å². The molecule has 0 saturated heterocycles. The van der Waals surface area contributed by atoms with Crippen molar-refractivity contribution < 1.29 is 14.6 Å². The van der Waals surface area contributed by atoms with E-state index in [0.717, 1.165) is 35.3 Å². The Kier molecular flexibility index (Phi) is 8.71. The zero-order valence-electron chi connectivity index (χ0n) is 21.6. The van der Waals surface area contributed by atoms with E-state index in [1.807, 2.05) is 24.3 Å². The minimum Gasteiger partial charge on any atom is -0.493 e. The van der Waals surface area contributed by atoms with Gasteiger partial charge in [0.15, 0.2) is 0 Å². The van der Waals surface area contributed by atoms with Crippen molar-refractivity contribution in [1.29, 1.82) is 0 Å². The summed E-state index contributed by atoms with van der Waals surface area (Å²) >= 11 is 0. The number of unbranched alkanes of at least 4 members (excludes halogenated alkanes) is 1. The maximum Gasteiger partial charge on any atom is 0.328 e. The minimum absolute atomic E-state index is 0.00690. The molecule has 0 unspecified atom stereocenters. The fraction of sp³-hybridized carbons (Fsp3) is 0.433. The molecule has 2 aromatic carbocycles. The number of ether oxygens (including phenoxy) is 1. The lowest BCUT2D eigenvalue weighted by atomic mass is 9.78. The van der Waals surface area contributed by atoms with Crippen LogP contribution in [0.5, 0.6) is 5.75 Å². The SMILES string of the molecule is CCCCOc1c(-c2cccc(C=CC(C)=CC(=O)O)c2)cc(C(C)(C)C)cc1C(C)(C)C. The summed E-state index contributed by atoms with van der Waals surface area (Å²) < 4.78 is 6.45. The molecule has 2 aromatic rings. The van der Waals surface area contributed by atoms with Gasteiger partial charge in [-0.15, -0.1) is 0 Å². The van der Waals surface area contributed by atoms with Crippen LogP contribution in [-0.4, -0.2) is 17.7 Å². The Balaban J connectivity index is 2.68. The summed E-state index contributed by atoms with van der Waals surface area (Å²) in [6.07, 6.45) is 7.10. The van der Waals surface area contributed by atoms with E-state index in [4.69, 9.17) is 9.84 Å². The van der Waals surface area contributed by atoms with Crippen LogP contribution < -0.4 is 4.74 Å². The second kappa shape index (κ2) is 10.9. The number of aliphatic carboxylic acids is 1. The third-order valence-corrected chi connectivity index (χ3v) is 5.59. The molecule has 178 valence electrons. The molecule has 1 N–H and O–H groups in total. The molecule has 0 atom stereocenters. The van der Waals surface area contributed by atoms with Gasteiger partial charge in [-0.25, -0.2) is 4.79 Å². The normalized spacial score (nSPS) is 12.9. The molecule has 3 nitrogen and oxygen atoms in total. The van der Waals surface area contributed by atoms with Crippen molar-refractivity contribution in [2.24, 2.45) is 0 Å². The molecular formula is C30H40O3. The van der Waals surface area contributed by atoms with Crippen LogP contribution in [0.15, 0.2) is 54.1 Å². The molecule has 0 heterocycles. The van der Waals surface area contributed by atoms with Crippen LogP contribution in [-0.2, 0) is 15.6 Å². The summed E-state index contributed by atoms with van der Waals surface area (Å²) in [4.78, 5) is 10.9. The first kappa shape index (κ1) is 26.4. The van der Waals surface area contributed by atoms with Crippen molar-refractivity contribution >= 4 is 12.0 Å². The van der Waals surface area contributed by atoms with Gasteiger partial charge in [-0.05, 0) is 58.6 Å². The standard InChI is InChI=1S/C30H40O3/c1-9-10-16-33-28-25(19-24(29(3,4)5)20-26(28)30(6,7)8)23-13-11-12-22(18-23)15-14-21(2)17-27(31)32/h11-15,17-20H,9-10,16H2,1-8H3,(H,31,32). The van der Waals surface area contributed by atoms with Crippen molar-refractivity contribution in [2.75, 3.05) is 6.61 Å². The van der Waals surface area contributed by atoms with E-state index in [1.165, 1.54) is 17.2 Å². The maximum absolute atomic E-state index is 10.9. The van der Waals surface area contributed by atoms with Gasteiger partial charge < -0.3 is 9.84 Å². The highest BCUT2D eigenvalue weighted by atomic mass is 16.5. The highest BCUT2D eigenvalue weighted by molar-refractivity contribution is 5.81. The fourth-order valence-corrected chi connectivity index (χ4v) is 3.59. The van der Waals surface area contributed by atoms with Crippen LogP contribution in [0.3, 0.4) is 0 Å². The number of benzene rings is 2. The van der Waals surface area contributed by atoms with Crippen molar-refractivity contribution in [3.05, 3.63) is 70.8 Å². The van der Waals surface area contributed by atoms with E-state index in [0.29, 0.717) is 12.2 Å². The van der Waals surface area contributed by atoms with Crippen LogP contribution >= 0.6 is 0 Å². The van der Waals surface area contributed by atoms with E-state index in [9.17, 15) is 4.79 Å². The van der Waals surface area contributed by atoms with Crippen molar-refractivity contribution in [3.8, 4) is 16.9 Å². The summed E-state index contributed by atoms with van der Waals surface area (Å²) in [5, 5.41) is 8.95. The molecule has 0 aliphatic carbocycles. The lowest BCUT2D eigenvalue weighted by Gasteiger charge is -2.29. The Morgan fingerprint density at radius 2 is 1.73 bits per heavy atom. The zero-order chi connectivity index (χ0) is 24.8. The molecule has 0 aliphatic rings. The molecule has 0 bridgehead atoms. The Morgan fingerprint density at radius 3 is 2.30 bits per heavy atom. The van der Waals surface area contributed by atoms with Gasteiger partial charge >= 0.3 is 5.97 Å². The van der Waals surface area contributed by atoms with Crippen LogP contribution in [0.2, 0.25) is 0 Å². The molecule has 3 heteroatoms. The number of allylic oxidation sites excluding steroid dienone is 2. The maximum atomic E-state index is 10.9. The van der Waals surface area contributed by atoms with Crippen molar-refractivity contribution in [2.45, 2.75) is 79.1 Å². The second-order valence-electron chi connectivity index (χ2n) is 10.8. The zero-order valence-corrected chi connectivity index (χ0v) is 21.6. The Morgan fingerprint density at radius 1 is 1.03 bits per heavy atom. The van der Waals surface area contributed by atoms with Gasteiger partial charge in [0, 0.05) is 17.2 Å². The Bertz CT molecular complexity index is 1030. The van der Waals surface area contributed by atoms with E-state index < -0.39 is 5.97 Å². The van der Waals surface area contributed by atoms with Crippen molar-refractivity contribution in [1.82, 2.24) is 0 Å².